The van der Waals surface area contributed by atoms with Gasteiger partial charge in [-0.1, -0.05) is 13.8 Å². The molecule has 0 radical (unpaired) electrons. The van der Waals surface area contributed by atoms with Gasteiger partial charge in [-0.05, 0) is 43.4 Å². The lowest BCUT2D eigenvalue weighted by atomic mass is 10.0. The van der Waals surface area contributed by atoms with Crippen molar-refractivity contribution in [2.45, 2.75) is 34.1 Å². The highest BCUT2D eigenvalue weighted by Crippen LogP contribution is 2.29. The Bertz CT molecular complexity index is 1170. The van der Waals surface area contributed by atoms with Gasteiger partial charge in [0.2, 0.25) is 5.76 Å². The van der Waals surface area contributed by atoms with Crippen molar-refractivity contribution in [3.05, 3.63) is 49.6 Å². The highest BCUT2D eigenvalue weighted by molar-refractivity contribution is 6.05. The summed E-state index contributed by atoms with van der Waals surface area (Å²) in [6.07, 6.45) is 0.678. The number of benzene rings is 1. The lowest BCUT2D eigenvalue weighted by Crippen LogP contribution is -2.14. The molecule has 2 N–H and O–H groups in total. The van der Waals surface area contributed by atoms with E-state index in [1.165, 1.54) is 6.07 Å². The van der Waals surface area contributed by atoms with E-state index in [9.17, 15) is 19.5 Å². The Morgan fingerprint density at radius 2 is 1.93 bits per heavy atom. The molecule has 7 nitrogen and oxygen atoms in total. The van der Waals surface area contributed by atoms with E-state index in [4.69, 9.17) is 9.15 Å². The average molecular weight is 371 g/mol. The topological polar surface area (TPSA) is 110 Å². The summed E-state index contributed by atoms with van der Waals surface area (Å²) in [4.78, 5) is 39.8. The predicted molar refractivity (Wildman–Crippen MR) is 101 cm³/mol. The third kappa shape index (κ3) is 3.32. The van der Waals surface area contributed by atoms with E-state index in [1.807, 2.05) is 13.8 Å². The van der Waals surface area contributed by atoms with E-state index in [0.717, 1.165) is 11.6 Å². The molecule has 1 aromatic carbocycles. The molecule has 2 heterocycles. The molecule has 0 aliphatic rings. The van der Waals surface area contributed by atoms with Crippen molar-refractivity contribution in [1.29, 1.82) is 0 Å². The lowest BCUT2D eigenvalue weighted by Gasteiger charge is -2.10. The second-order valence-corrected chi connectivity index (χ2v) is 7.04. The molecule has 27 heavy (non-hydrogen) atoms. The van der Waals surface area contributed by atoms with Crippen LogP contribution in [-0.4, -0.2) is 22.7 Å². The SMILES string of the molecule is Cc1cc(=O)c2c([nH]c(=O)c3c(O)cc(C(=O)OCCC(C)C)oc32)c1C. The largest absolute Gasteiger partial charge is 0.507 e. The molecule has 3 rings (SSSR count). The van der Waals surface area contributed by atoms with Crippen LogP contribution in [0.1, 0.15) is 41.9 Å². The normalized spacial score (nSPS) is 11.4. The minimum atomic E-state index is -0.766. The number of hydrogen-bond donors (Lipinski definition) is 2. The molecule has 142 valence electrons. The van der Waals surface area contributed by atoms with Crippen LogP contribution in [0.4, 0.5) is 0 Å². The minimum absolute atomic E-state index is 0.111. The summed E-state index contributed by atoms with van der Waals surface area (Å²) >= 11 is 0. The smallest absolute Gasteiger partial charge is 0.374 e. The monoisotopic (exact) mass is 371 g/mol. The molecule has 2 aromatic heterocycles. The Labute approximate surface area is 154 Å². The van der Waals surface area contributed by atoms with E-state index in [0.29, 0.717) is 23.4 Å². The molecule has 7 heteroatoms. The third-order valence-corrected chi connectivity index (χ3v) is 4.60. The van der Waals surface area contributed by atoms with Crippen LogP contribution in [0.2, 0.25) is 0 Å². The zero-order valence-corrected chi connectivity index (χ0v) is 15.6. The summed E-state index contributed by atoms with van der Waals surface area (Å²) in [6, 6.07) is 2.46. The Balaban J connectivity index is 2.25. The number of hydrogen-bond acceptors (Lipinski definition) is 6. The maximum absolute atomic E-state index is 12.5. The Morgan fingerprint density at radius 1 is 1.22 bits per heavy atom. The number of H-pyrrole nitrogens is 1. The third-order valence-electron chi connectivity index (χ3n) is 4.60. The van der Waals surface area contributed by atoms with E-state index in [2.05, 4.69) is 4.98 Å². The first-order valence-corrected chi connectivity index (χ1v) is 8.70. The zero-order chi connectivity index (χ0) is 19.9. The summed E-state index contributed by atoms with van der Waals surface area (Å²) in [7, 11) is 0. The number of ether oxygens (including phenoxy) is 1. The van der Waals surface area contributed by atoms with Gasteiger partial charge in [0.25, 0.3) is 5.56 Å². The molecule has 0 spiro atoms. The lowest BCUT2D eigenvalue weighted by molar-refractivity contribution is 0.0452. The molecule has 0 unspecified atom stereocenters. The molecule has 0 saturated heterocycles. The first kappa shape index (κ1) is 18.7. The molecule has 0 aliphatic heterocycles. The van der Waals surface area contributed by atoms with Crippen molar-refractivity contribution in [1.82, 2.24) is 4.98 Å². The van der Waals surface area contributed by atoms with Crippen molar-refractivity contribution in [2.24, 2.45) is 5.92 Å². The second-order valence-electron chi connectivity index (χ2n) is 7.04. The van der Waals surface area contributed by atoms with Gasteiger partial charge in [0, 0.05) is 6.07 Å². The van der Waals surface area contributed by atoms with E-state index in [1.54, 1.807) is 13.8 Å². The van der Waals surface area contributed by atoms with Gasteiger partial charge in [-0.2, -0.15) is 0 Å². The zero-order valence-electron chi connectivity index (χ0n) is 15.6. The number of aryl methyl sites for hydroxylation is 2. The number of rotatable bonds is 4. The van der Waals surface area contributed by atoms with Gasteiger partial charge in [-0.3, -0.25) is 9.59 Å². The fraction of sp³-hybridized carbons (Fsp3) is 0.350. The molecular weight excluding hydrogens is 350 g/mol. The Morgan fingerprint density at radius 3 is 2.59 bits per heavy atom. The van der Waals surface area contributed by atoms with Crippen LogP contribution in [0, 0.1) is 19.8 Å². The number of fused-ring (bicyclic) bond motifs is 3. The Hall–Kier alpha value is -3.09. The fourth-order valence-corrected chi connectivity index (χ4v) is 2.90. The van der Waals surface area contributed by atoms with Crippen LogP contribution in [0.15, 0.2) is 26.1 Å². The van der Waals surface area contributed by atoms with Crippen molar-refractivity contribution in [2.75, 3.05) is 6.61 Å². The van der Waals surface area contributed by atoms with Gasteiger partial charge in [-0.15, -0.1) is 0 Å². The number of pyridine rings is 1. The molecular formula is C20H21NO6. The summed E-state index contributed by atoms with van der Waals surface area (Å²) in [5.41, 5.74) is 0.650. The molecule has 0 aliphatic carbocycles. The van der Waals surface area contributed by atoms with E-state index < -0.39 is 17.3 Å². The standard InChI is InChI=1S/C20H21NO6/c1-9(2)5-6-26-20(25)14-8-13(23)16-18(27-14)15-12(22)7-10(3)11(4)17(15)21-19(16)24/h7-9,23H,5-6H2,1-4H3,(H,21,24). The predicted octanol–water partition coefficient (Wildman–Crippen LogP) is 3.16. The number of carbonyl (C=O) groups excluding carboxylic acids is 1. The van der Waals surface area contributed by atoms with Gasteiger partial charge in [0.15, 0.2) is 11.0 Å². The minimum Gasteiger partial charge on any atom is -0.507 e. The number of aromatic hydroxyl groups is 1. The highest BCUT2D eigenvalue weighted by Gasteiger charge is 2.21. The van der Waals surface area contributed by atoms with Crippen LogP contribution in [-0.2, 0) is 4.74 Å². The Kier molecular flexibility index (Phi) is 4.78. The number of aromatic amines is 1. The number of esters is 1. The van der Waals surface area contributed by atoms with Crippen LogP contribution < -0.4 is 11.0 Å². The van der Waals surface area contributed by atoms with Gasteiger partial charge >= 0.3 is 5.97 Å². The van der Waals surface area contributed by atoms with Gasteiger partial charge in [0.1, 0.15) is 11.1 Å². The first-order chi connectivity index (χ1) is 12.7. The van der Waals surface area contributed by atoms with Crippen molar-refractivity contribution >= 4 is 27.8 Å². The molecule has 0 atom stereocenters. The summed E-state index contributed by atoms with van der Waals surface area (Å²) < 4.78 is 10.7. The fourth-order valence-electron chi connectivity index (χ4n) is 2.90. The second kappa shape index (κ2) is 6.90. The van der Waals surface area contributed by atoms with Crippen LogP contribution in [0.5, 0.6) is 5.75 Å². The molecule has 0 fully saturated rings. The maximum atomic E-state index is 12.5. The number of nitrogens with one attached hydrogen (secondary N) is 1. The molecule has 0 amide bonds. The van der Waals surface area contributed by atoms with Gasteiger partial charge < -0.3 is 19.2 Å². The maximum Gasteiger partial charge on any atom is 0.374 e. The van der Waals surface area contributed by atoms with Crippen LogP contribution in [0.25, 0.3) is 21.9 Å². The summed E-state index contributed by atoms with van der Waals surface area (Å²) in [5.74, 6) is -1.13. The van der Waals surface area contributed by atoms with Gasteiger partial charge in [0.05, 0.1) is 17.5 Å². The van der Waals surface area contributed by atoms with Crippen molar-refractivity contribution in [3.63, 3.8) is 0 Å². The van der Waals surface area contributed by atoms with Crippen LogP contribution in [0.3, 0.4) is 0 Å². The highest BCUT2D eigenvalue weighted by atomic mass is 16.5. The quantitative estimate of drug-likeness (QED) is 0.538. The number of carbonyl (C=O) groups is 1. The van der Waals surface area contributed by atoms with Crippen molar-refractivity contribution < 1.29 is 19.1 Å². The summed E-state index contributed by atoms with van der Waals surface area (Å²) in [5, 5.41) is 10.2. The summed E-state index contributed by atoms with van der Waals surface area (Å²) in [6.45, 7) is 7.72. The molecule has 0 saturated carbocycles. The van der Waals surface area contributed by atoms with E-state index in [-0.39, 0.29) is 34.2 Å². The van der Waals surface area contributed by atoms with E-state index >= 15 is 0 Å². The van der Waals surface area contributed by atoms with Crippen molar-refractivity contribution in [3.8, 4) is 5.75 Å². The number of aromatic nitrogens is 1. The van der Waals surface area contributed by atoms with Crippen LogP contribution >= 0.6 is 0 Å². The van der Waals surface area contributed by atoms with Gasteiger partial charge in [-0.25, -0.2) is 4.79 Å². The molecule has 3 aromatic rings. The average Bonchev–Trinajstić information content (AvgIpc) is 2.58. The molecule has 0 bridgehead atoms. The first-order valence-electron chi connectivity index (χ1n) is 8.70.